The molecule has 108 valence electrons. The average molecular weight is 273 g/mol. The van der Waals surface area contributed by atoms with Gasteiger partial charge in [0.15, 0.2) is 0 Å². The van der Waals surface area contributed by atoms with Crippen molar-refractivity contribution in [2.45, 2.75) is 33.5 Å². The quantitative estimate of drug-likeness (QED) is 0.839. The maximum absolute atomic E-state index is 11.7. The minimum atomic E-state index is 0.0548. The molecule has 0 saturated carbocycles. The van der Waals surface area contributed by atoms with Crippen LogP contribution in [0.25, 0.3) is 0 Å². The number of pyridine rings is 1. The van der Waals surface area contributed by atoms with Crippen LogP contribution in [0.1, 0.15) is 19.5 Å². The van der Waals surface area contributed by atoms with Crippen LogP contribution in [-0.2, 0) is 19.6 Å². The second-order valence-corrected chi connectivity index (χ2v) is 5.45. The highest BCUT2D eigenvalue weighted by Gasteiger charge is 2.02. The van der Waals surface area contributed by atoms with Crippen molar-refractivity contribution in [2.75, 3.05) is 6.54 Å². The largest absolute Gasteiger partial charge is 0.348 e. The van der Waals surface area contributed by atoms with Crippen molar-refractivity contribution in [3.63, 3.8) is 0 Å². The Kier molecular flexibility index (Phi) is 5.18. The zero-order valence-electron chi connectivity index (χ0n) is 12.2. The van der Waals surface area contributed by atoms with Crippen LogP contribution in [0.2, 0.25) is 0 Å². The van der Waals surface area contributed by atoms with E-state index >= 15 is 0 Å². The fourth-order valence-electron chi connectivity index (χ4n) is 2.18. The molecule has 0 aliphatic heterocycles. The lowest BCUT2D eigenvalue weighted by molar-refractivity contribution is 0.514. The van der Waals surface area contributed by atoms with Gasteiger partial charge in [0.25, 0.3) is 5.56 Å². The van der Waals surface area contributed by atoms with E-state index in [1.54, 1.807) is 16.7 Å². The molecule has 0 unspecified atom stereocenters. The molecule has 2 aromatic heterocycles. The summed E-state index contributed by atoms with van der Waals surface area (Å²) in [6.45, 7) is 7.81. The third-order valence-electron chi connectivity index (χ3n) is 3.26. The first-order valence-corrected chi connectivity index (χ1v) is 7.17. The maximum Gasteiger partial charge on any atom is 0.250 e. The molecule has 0 fully saturated rings. The minimum Gasteiger partial charge on any atom is -0.348 e. The van der Waals surface area contributed by atoms with E-state index in [1.807, 2.05) is 12.3 Å². The van der Waals surface area contributed by atoms with Gasteiger partial charge in [0, 0.05) is 43.8 Å². The Morgan fingerprint density at radius 3 is 2.55 bits per heavy atom. The van der Waals surface area contributed by atoms with E-state index in [4.69, 9.17) is 0 Å². The number of aryl methyl sites for hydroxylation is 2. The summed E-state index contributed by atoms with van der Waals surface area (Å²) in [6, 6.07) is 9.44. The Morgan fingerprint density at radius 2 is 1.80 bits per heavy atom. The van der Waals surface area contributed by atoms with Crippen molar-refractivity contribution in [3.05, 3.63) is 58.8 Å². The fraction of sp³-hybridized carbons (Fsp3) is 0.438. The molecular weight excluding hydrogens is 250 g/mol. The second kappa shape index (κ2) is 7.10. The number of hydrogen-bond donors (Lipinski definition) is 1. The van der Waals surface area contributed by atoms with Crippen molar-refractivity contribution >= 4 is 0 Å². The van der Waals surface area contributed by atoms with Crippen molar-refractivity contribution in [1.82, 2.24) is 14.5 Å². The summed E-state index contributed by atoms with van der Waals surface area (Å²) in [5.41, 5.74) is 1.31. The standard InChI is InChI=1S/C16H23N3O/c1-14(2)12-17-13-15-6-5-9-18(15)10-11-19-8-4-3-7-16(19)20/h3-9,14,17H,10-13H2,1-2H3. The van der Waals surface area contributed by atoms with Crippen LogP contribution < -0.4 is 10.9 Å². The summed E-state index contributed by atoms with van der Waals surface area (Å²) < 4.78 is 3.94. The smallest absolute Gasteiger partial charge is 0.250 e. The van der Waals surface area contributed by atoms with Gasteiger partial charge >= 0.3 is 0 Å². The Morgan fingerprint density at radius 1 is 1.05 bits per heavy atom. The molecule has 4 nitrogen and oxygen atoms in total. The highest BCUT2D eigenvalue weighted by Crippen LogP contribution is 2.03. The fourth-order valence-corrected chi connectivity index (χ4v) is 2.18. The van der Waals surface area contributed by atoms with Crippen LogP contribution in [0, 0.1) is 5.92 Å². The molecule has 0 atom stereocenters. The van der Waals surface area contributed by atoms with E-state index in [9.17, 15) is 4.79 Å². The zero-order chi connectivity index (χ0) is 14.4. The summed E-state index contributed by atoms with van der Waals surface area (Å²) in [6.07, 6.45) is 3.91. The van der Waals surface area contributed by atoms with Gasteiger partial charge in [-0.3, -0.25) is 4.79 Å². The number of rotatable bonds is 7. The van der Waals surface area contributed by atoms with Gasteiger partial charge in [-0.2, -0.15) is 0 Å². The number of aromatic nitrogens is 2. The van der Waals surface area contributed by atoms with Gasteiger partial charge in [0.05, 0.1) is 0 Å². The first kappa shape index (κ1) is 14.6. The molecule has 0 aliphatic rings. The van der Waals surface area contributed by atoms with Crippen molar-refractivity contribution in [2.24, 2.45) is 5.92 Å². The monoisotopic (exact) mass is 273 g/mol. The average Bonchev–Trinajstić information content (AvgIpc) is 2.85. The van der Waals surface area contributed by atoms with E-state index < -0.39 is 0 Å². The van der Waals surface area contributed by atoms with Gasteiger partial charge in [-0.1, -0.05) is 19.9 Å². The summed E-state index contributed by atoms with van der Waals surface area (Å²) in [5.74, 6) is 0.654. The van der Waals surface area contributed by atoms with Crippen LogP contribution in [0.5, 0.6) is 0 Å². The highest BCUT2D eigenvalue weighted by atomic mass is 16.1. The molecule has 0 amide bonds. The molecule has 2 aromatic rings. The van der Waals surface area contributed by atoms with E-state index in [1.165, 1.54) is 5.69 Å². The molecule has 20 heavy (non-hydrogen) atoms. The molecule has 1 N–H and O–H groups in total. The second-order valence-electron chi connectivity index (χ2n) is 5.45. The van der Waals surface area contributed by atoms with Crippen LogP contribution in [-0.4, -0.2) is 15.7 Å². The lowest BCUT2D eigenvalue weighted by Crippen LogP contribution is -2.23. The number of nitrogens with zero attached hydrogens (tertiary/aromatic N) is 2. The number of nitrogens with one attached hydrogen (secondary N) is 1. The maximum atomic E-state index is 11.7. The summed E-state index contributed by atoms with van der Waals surface area (Å²) >= 11 is 0. The topological polar surface area (TPSA) is 39.0 Å². The van der Waals surface area contributed by atoms with Crippen LogP contribution in [0.3, 0.4) is 0 Å². The van der Waals surface area contributed by atoms with Gasteiger partial charge in [-0.25, -0.2) is 0 Å². The van der Waals surface area contributed by atoms with Gasteiger partial charge in [-0.15, -0.1) is 0 Å². The van der Waals surface area contributed by atoms with Gasteiger partial charge in [-0.05, 0) is 30.7 Å². The Hall–Kier alpha value is -1.81. The highest BCUT2D eigenvalue weighted by molar-refractivity contribution is 5.07. The van der Waals surface area contributed by atoms with E-state index in [0.717, 1.165) is 19.6 Å². The molecule has 2 rings (SSSR count). The van der Waals surface area contributed by atoms with E-state index in [-0.39, 0.29) is 5.56 Å². The number of hydrogen-bond acceptors (Lipinski definition) is 2. The third kappa shape index (κ3) is 4.10. The molecule has 0 bridgehead atoms. The van der Waals surface area contributed by atoms with Gasteiger partial charge < -0.3 is 14.5 Å². The normalized spacial score (nSPS) is 11.2. The predicted octanol–water partition coefficient (Wildman–Crippen LogP) is 2.10. The third-order valence-corrected chi connectivity index (χ3v) is 3.26. The van der Waals surface area contributed by atoms with Crippen LogP contribution in [0.15, 0.2) is 47.5 Å². The Balaban J connectivity index is 1.92. The molecule has 0 aromatic carbocycles. The Labute approximate surface area is 120 Å². The van der Waals surface area contributed by atoms with Crippen molar-refractivity contribution < 1.29 is 0 Å². The van der Waals surface area contributed by atoms with E-state index in [2.05, 4.69) is 42.1 Å². The van der Waals surface area contributed by atoms with Gasteiger partial charge in [0.2, 0.25) is 0 Å². The molecule has 0 aliphatic carbocycles. The molecule has 0 radical (unpaired) electrons. The van der Waals surface area contributed by atoms with Crippen LogP contribution >= 0.6 is 0 Å². The SMILES string of the molecule is CC(C)CNCc1cccn1CCn1ccccc1=O. The lowest BCUT2D eigenvalue weighted by Gasteiger charge is -2.12. The lowest BCUT2D eigenvalue weighted by atomic mass is 10.2. The first-order valence-electron chi connectivity index (χ1n) is 7.17. The molecule has 0 saturated heterocycles. The molecule has 0 spiro atoms. The first-order chi connectivity index (χ1) is 9.66. The van der Waals surface area contributed by atoms with Crippen molar-refractivity contribution in [3.8, 4) is 0 Å². The molecule has 4 heteroatoms. The molecular formula is C16H23N3O. The minimum absolute atomic E-state index is 0.0548. The zero-order valence-corrected chi connectivity index (χ0v) is 12.2. The summed E-state index contributed by atoms with van der Waals surface area (Å²) in [7, 11) is 0. The summed E-state index contributed by atoms with van der Waals surface area (Å²) in [5, 5.41) is 3.45. The molecule has 2 heterocycles. The predicted molar refractivity (Wildman–Crippen MR) is 81.7 cm³/mol. The van der Waals surface area contributed by atoms with Crippen molar-refractivity contribution in [1.29, 1.82) is 0 Å². The summed E-state index contributed by atoms with van der Waals surface area (Å²) in [4.78, 5) is 11.7. The van der Waals surface area contributed by atoms with E-state index in [0.29, 0.717) is 12.5 Å². The Bertz CT molecular complexity index is 583. The van der Waals surface area contributed by atoms with Crippen LogP contribution in [0.4, 0.5) is 0 Å². The van der Waals surface area contributed by atoms with Gasteiger partial charge in [0.1, 0.15) is 0 Å².